The van der Waals surface area contributed by atoms with E-state index in [0.717, 1.165) is 6.42 Å². The van der Waals surface area contributed by atoms with Crippen molar-refractivity contribution in [2.75, 3.05) is 0 Å². The Balaban J connectivity index is 2.89. The second-order valence-corrected chi connectivity index (χ2v) is 10.5. The van der Waals surface area contributed by atoms with Crippen LogP contribution in [0.4, 0.5) is 0 Å². The molecule has 0 aliphatic carbocycles. The Labute approximate surface area is 90.6 Å². The van der Waals surface area contributed by atoms with Gasteiger partial charge in [-0.25, -0.2) is 0 Å². The van der Waals surface area contributed by atoms with E-state index >= 15 is 0 Å². The summed E-state index contributed by atoms with van der Waals surface area (Å²) >= 11 is 0. The highest BCUT2D eigenvalue weighted by molar-refractivity contribution is 7.26. The van der Waals surface area contributed by atoms with Crippen molar-refractivity contribution in [2.45, 2.75) is 24.8 Å². The molecule has 0 heterocycles. The molecule has 0 radical (unpaired) electrons. The second-order valence-electron chi connectivity index (χ2n) is 4.22. The van der Waals surface area contributed by atoms with Crippen LogP contribution in [0, 0.1) is 0 Å². The molecule has 0 aliphatic rings. The van der Waals surface area contributed by atoms with Crippen LogP contribution in [-0.4, -0.2) is 13.4 Å². The van der Waals surface area contributed by atoms with Crippen molar-refractivity contribution in [1.29, 1.82) is 0 Å². The lowest BCUT2D eigenvalue weighted by Crippen LogP contribution is -2.49. The molecule has 1 aromatic carbocycles. The second kappa shape index (κ2) is 4.91. The summed E-state index contributed by atoms with van der Waals surface area (Å²) in [5.74, 6) is 0. The Bertz CT molecular complexity index is 292. The lowest BCUT2D eigenvalue weighted by Gasteiger charge is -2.29. The summed E-state index contributed by atoms with van der Waals surface area (Å²) < 4.78 is 0. The predicted molar refractivity (Wildman–Crippen MR) is 71.9 cm³/mol. The highest BCUT2D eigenvalue weighted by Gasteiger charge is 2.29. The van der Waals surface area contributed by atoms with E-state index in [1.807, 2.05) is 6.08 Å². The highest BCUT2D eigenvalue weighted by atomic mass is 31.0. The zero-order valence-corrected chi connectivity index (χ0v) is 11.2. The molecule has 0 aromatic heterocycles. The van der Waals surface area contributed by atoms with Crippen LogP contribution in [0.5, 0.6) is 0 Å². The maximum absolute atomic E-state index is 3.82. The minimum absolute atomic E-state index is 0.683. The summed E-state index contributed by atoms with van der Waals surface area (Å²) in [6, 6.07) is 10.9. The SMILES string of the molecule is C=CC[C@H](P)[Si](C)(C)c1ccccc1. The molecule has 0 saturated carbocycles. The summed E-state index contributed by atoms with van der Waals surface area (Å²) in [6.07, 6.45) is 3.12. The monoisotopic (exact) mass is 222 g/mol. The molecule has 1 unspecified atom stereocenters. The van der Waals surface area contributed by atoms with Gasteiger partial charge in [0.05, 0.1) is 8.07 Å². The quantitative estimate of drug-likeness (QED) is 0.417. The molecule has 0 spiro atoms. The van der Waals surface area contributed by atoms with Gasteiger partial charge in [0.15, 0.2) is 0 Å². The predicted octanol–water partition coefficient (Wildman–Crippen LogP) is 2.96. The van der Waals surface area contributed by atoms with Crippen molar-refractivity contribution in [3.63, 3.8) is 0 Å². The number of allylic oxidation sites excluding steroid dienone is 1. The van der Waals surface area contributed by atoms with Gasteiger partial charge in [0.25, 0.3) is 0 Å². The van der Waals surface area contributed by atoms with Crippen LogP contribution in [0.15, 0.2) is 43.0 Å². The molecule has 0 fully saturated rings. The third-order valence-electron chi connectivity index (χ3n) is 2.87. The Kier molecular flexibility index (Phi) is 4.09. The normalized spacial score (nSPS) is 13.6. The number of hydrogen-bond donors (Lipinski definition) is 0. The van der Waals surface area contributed by atoms with E-state index in [4.69, 9.17) is 0 Å². The molecule has 0 bridgehead atoms. The summed E-state index contributed by atoms with van der Waals surface area (Å²) in [4.78, 5) is 0. The number of hydrogen-bond acceptors (Lipinski definition) is 0. The molecule has 0 aliphatic heterocycles. The van der Waals surface area contributed by atoms with Gasteiger partial charge in [0, 0.05) is 0 Å². The third-order valence-corrected chi connectivity index (χ3v) is 9.55. The minimum Gasteiger partial charge on any atom is -0.137 e. The average molecular weight is 222 g/mol. The van der Waals surface area contributed by atoms with Crippen molar-refractivity contribution >= 4 is 22.5 Å². The zero-order chi connectivity index (χ0) is 10.6. The molecule has 0 N–H and O–H groups in total. The van der Waals surface area contributed by atoms with Gasteiger partial charge in [0.2, 0.25) is 0 Å². The third kappa shape index (κ3) is 2.56. The van der Waals surface area contributed by atoms with Crippen LogP contribution in [0.2, 0.25) is 13.1 Å². The average Bonchev–Trinajstić information content (AvgIpc) is 2.19. The van der Waals surface area contributed by atoms with Gasteiger partial charge in [-0.1, -0.05) is 54.7 Å². The molecule has 14 heavy (non-hydrogen) atoms. The number of benzene rings is 1. The van der Waals surface area contributed by atoms with Gasteiger partial charge in [-0.2, -0.15) is 0 Å². The van der Waals surface area contributed by atoms with Gasteiger partial charge in [0.1, 0.15) is 0 Å². The van der Waals surface area contributed by atoms with Gasteiger partial charge in [-0.3, -0.25) is 0 Å². The van der Waals surface area contributed by atoms with E-state index in [0.29, 0.717) is 5.28 Å². The first-order valence-electron chi connectivity index (χ1n) is 5.01. The van der Waals surface area contributed by atoms with Crippen LogP contribution in [-0.2, 0) is 0 Å². The molecule has 1 aromatic rings. The fourth-order valence-corrected chi connectivity index (χ4v) is 4.56. The van der Waals surface area contributed by atoms with Crippen molar-refractivity contribution in [2.24, 2.45) is 0 Å². The molecule has 1 rings (SSSR count). The molecule has 2 atom stereocenters. The largest absolute Gasteiger partial charge is 0.137 e. The van der Waals surface area contributed by atoms with Crippen molar-refractivity contribution in [3.8, 4) is 0 Å². The van der Waals surface area contributed by atoms with E-state index in [1.54, 1.807) is 0 Å². The smallest absolute Gasteiger partial charge is 0.0877 e. The van der Waals surface area contributed by atoms with Crippen molar-refractivity contribution < 1.29 is 0 Å². The Hall–Kier alpha value is -0.393. The van der Waals surface area contributed by atoms with Crippen LogP contribution >= 0.6 is 9.24 Å². The van der Waals surface area contributed by atoms with Crippen molar-refractivity contribution in [1.82, 2.24) is 0 Å². The van der Waals surface area contributed by atoms with Crippen molar-refractivity contribution in [3.05, 3.63) is 43.0 Å². The van der Waals surface area contributed by atoms with Crippen LogP contribution in [0.25, 0.3) is 0 Å². The van der Waals surface area contributed by atoms with E-state index in [9.17, 15) is 0 Å². The van der Waals surface area contributed by atoms with Gasteiger partial charge in [-0.05, 0) is 11.7 Å². The summed E-state index contributed by atoms with van der Waals surface area (Å²) in [7, 11) is 1.68. The first-order chi connectivity index (χ1) is 6.59. The van der Waals surface area contributed by atoms with E-state index in [1.165, 1.54) is 5.19 Å². The maximum Gasteiger partial charge on any atom is 0.0877 e. The molecule has 2 heteroatoms. The van der Waals surface area contributed by atoms with Gasteiger partial charge >= 0.3 is 0 Å². The first-order valence-corrected chi connectivity index (χ1v) is 8.75. The zero-order valence-electron chi connectivity index (χ0n) is 9.03. The Morgan fingerprint density at radius 1 is 1.36 bits per heavy atom. The van der Waals surface area contributed by atoms with E-state index in [-0.39, 0.29) is 0 Å². The minimum atomic E-state index is -1.31. The molecule has 76 valence electrons. The maximum atomic E-state index is 3.82. The summed E-state index contributed by atoms with van der Waals surface area (Å²) in [6.45, 7) is 8.66. The molecule has 0 nitrogen and oxygen atoms in total. The lowest BCUT2D eigenvalue weighted by atomic mass is 10.4. The van der Waals surface area contributed by atoms with Gasteiger partial charge in [-0.15, -0.1) is 15.8 Å². The standard InChI is InChI=1S/C12H19PSi/c1-4-8-12(13)14(2,3)11-9-6-5-7-10-11/h4-7,9-10,12H,1,8,13H2,2-3H3/t12-/m1/s1. The molecule has 0 saturated heterocycles. The fraction of sp³-hybridized carbons (Fsp3) is 0.333. The molecular weight excluding hydrogens is 203 g/mol. The Morgan fingerprint density at radius 2 is 1.93 bits per heavy atom. The van der Waals surface area contributed by atoms with E-state index in [2.05, 4.69) is 59.2 Å². The lowest BCUT2D eigenvalue weighted by molar-refractivity contribution is 1.13. The fourth-order valence-electron chi connectivity index (χ4n) is 1.56. The first kappa shape index (κ1) is 11.7. The molecule has 0 amide bonds. The summed E-state index contributed by atoms with van der Waals surface area (Å²) in [5, 5.41) is 2.21. The number of rotatable bonds is 4. The highest BCUT2D eigenvalue weighted by Crippen LogP contribution is 2.20. The van der Waals surface area contributed by atoms with Crippen LogP contribution in [0.3, 0.4) is 0 Å². The molecular formula is C12H19PSi. The van der Waals surface area contributed by atoms with Crippen LogP contribution < -0.4 is 5.19 Å². The van der Waals surface area contributed by atoms with Gasteiger partial charge < -0.3 is 0 Å². The summed E-state index contributed by atoms with van der Waals surface area (Å²) in [5.41, 5.74) is 0. The van der Waals surface area contributed by atoms with E-state index < -0.39 is 8.07 Å². The van der Waals surface area contributed by atoms with Crippen LogP contribution in [0.1, 0.15) is 6.42 Å². The topological polar surface area (TPSA) is 0 Å². The Morgan fingerprint density at radius 3 is 2.43 bits per heavy atom.